The standard InChI is InChI=1S/C18H26N2O3/c1-13-5-6-17(23-2)14(9-13)10-18(22)20-11-15(16(21)12-20)19-7-3-4-8-19/h5-6,9,15-16,21H,3-4,7-8,10-12H2,1-2H3/t15-,16-/m1/s1. The zero-order valence-electron chi connectivity index (χ0n) is 14.0. The first-order valence-electron chi connectivity index (χ1n) is 8.42. The summed E-state index contributed by atoms with van der Waals surface area (Å²) in [5.41, 5.74) is 2.03. The third-order valence-corrected chi connectivity index (χ3v) is 5.00. The predicted octanol–water partition coefficient (Wildman–Crippen LogP) is 1.21. The van der Waals surface area contributed by atoms with Crippen LogP contribution in [0.1, 0.15) is 24.0 Å². The topological polar surface area (TPSA) is 53.0 Å². The van der Waals surface area contributed by atoms with Gasteiger partial charge in [0.25, 0.3) is 0 Å². The Morgan fingerprint density at radius 1 is 1.30 bits per heavy atom. The van der Waals surface area contributed by atoms with Crippen LogP contribution in [0, 0.1) is 6.92 Å². The van der Waals surface area contributed by atoms with Crippen molar-refractivity contribution < 1.29 is 14.6 Å². The lowest BCUT2D eigenvalue weighted by Gasteiger charge is -2.25. The van der Waals surface area contributed by atoms with Crippen LogP contribution < -0.4 is 4.74 Å². The van der Waals surface area contributed by atoms with Gasteiger partial charge in [-0.2, -0.15) is 0 Å². The first-order chi connectivity index (χ1) is 11.1. The Kier molecular flexibility index (Phi) is 4.87. The summed E-state index contributed by atoms with van der Waals surface area (Å²) in [4.78, 5) is 16.8. The highest BCUT2D eigenvalue weighted by molar-refractivity contribution is 5.80. The molecule has 0 unspecified atom stereocenters. The third kappa shape index (κ3) is 3.51. The van der Waals surface area contributed by atoms with Crippen molar-refractivity contribution in [3.63, 3.8) is 0 Å². The second-order valence-corrected chi connectivity index (χ2v) is 6.67. The zero-order valence-corrected chi connectivity index (χ0v) is 14.0. The summed E-state index contributed by atoms with van der Waals surface area (Å²) < 4.78 is 5.36. The number of β-amino-alcohol motifs (C(OH)–C–C–N with tert-alkyl or cyclic N) is 1. The van der Waals surface area contributed by atoms with E-state index in [1.165, 1.54) is 12.8 Å². The van der Waals surface area contributed by atoms with Crippen molar-refractivity contribution in [1.29, 1.82) is 0 Å². The number of nitrogens with zero attached hydrogens (tertiary/aromatic N) is 2. The lowest BCUT2D eigenvalue weighted by Crippen LogP contribution is -2.41. The van der Waals surface area contributed by atoms with Gasteiger partial charge in [-0.15, -0.1) is 0 Å². The van der Waals surface area contributed by atoms with Gasteiger partial charge in [-0.3, -0.25) is 9.69 Å². The molecule has 2 saturated heterocycles. The normalized spacial score (nSPS) is 25.1. The molecule has 2 aliphatic heterocycles. The number of carbonyl (C=O) groups excluding carboxylic acids is 1. The van der Waals surface area contributed by atoms with Crippen molar-refractivity contribution in [3.05, 3.63) is 29.3 Å². The summed E-state index contributed by atoms with van der Waals surface area (Å²) in [6.07, 6.45) is 2.27. The van der Waals surface area contributed by atoms with E-state index in [-0.39, 0.29) is 11.9 Å². The Hall–Kier alpha value is -1.59. The van der Waals surface area contributed by atoms with Crippen molar-refractivity contribution in [3.8, 4) is 5.75 Å². The maximum atomic E-state index is 12.6. The van der Waals surface area contributed by atoms with Gasteiger partial charge in [0.1, 0.15) is 5.75 Å². The molecule has 0 spiro atoms. The van der Waals surface area contributed by atoms with Gasteiger partial charge < -0.3 is 14.7 Å². The molecule has 2 atom stereocenters. The minimum Gasteiger partial charge on any atom is -0.496 e. The van der Waals surface area contributed by atoms with Gasteiger partial charge in [0, 0.05) is 18.7 Å². The van der Waals surface area contributed by atoms with Crippen molar-refractivity contribution in [1.82, 2.24) is 9.80 Å². The van der Waals surface area contributed by atoms with Crippen LogP contribution in [0.5, 0.6) is 5.75 Å². The van der Waals surface area contributed by atoms with E-state index in [1.54, 1.807) is 12.0 Å². The molecule has 1 aromatic rings. The second-order valence-electron chi connectivity index (χ2n) is 6.67. The minimum absolute atomic E-state index is 0.0645. The van der Waals surface area contributed by atoms with Gasteiger partial charge in [0.2, 0.25) is 5.91 Å². The fourth-order valence-electron chi connectivity index (χ4n) is 3.73. The van der Waals surface area contributed by atoms with Gasteiger partial charge in [-0.25, -0.2) is 0 Å². The SMILES string of the molecule is COc1ccc(C)cc1CC(=O)N1C[C@@H](O)[C@H](N2CCCC2)C1. The molecule has 1 aromatic carbocycles. The maximum Gasteiger partial charge on any atom is 0.227 e. The first kappa shape index (κ1) is 16.3. The Bertz CT molecular complexity index is 569. The summed E-state index contributed by atoms with van der Waals surface area (Å²) in [5.74, 6) is 0.814. The predicted molar refractivity (Wildman–Crippen MR) is 88.6 cm³/mol. The van der Waals surface area contributed by atoms with E-state index in [9.17, 15) is 9.90 Å². The molecule has 2 aliphatic rings. The molecule has 1 amide bonds. The van der Waals surface area contributed by atoms with Gasteiger partial charge >= 0.3 is 0 Å². The number of likely N-dealkylation sites (tertiary alicyclic amines) is 2. The highest BCUT2D eigenvalue weighted by atomic mass is 16.5. The number of carbonyl (C=O) groups is 1. The van der Waals surface area contributed by atoms with Crippen molar-refractivity contribution in [2.45, 2.75) is 38.3 Å². The summed E-state index contributed by atoms with van der Waals surface area (Å²) in [7, 11) is 1.63. The van der Waals surface area contributed by atoms with Gasteiger partial charge in [-0.1, -0.05) is 17.7 Å². The number of aliphatic hydroxyl groups is 1. The fourth-order valence-corrected chi connectivity index (χ4v) is 3.73. The van der Waals surface area contributed by atoms with Crippen LogP contribution in [0.2, 0.25) is 0 Å². The molecular formula is C18H26N2O3. The first-order valence-corrected chi connectivity index (χ1v) is 8.42. The van der Waals surface area contributed by atoms with Crippen LogP contribution in [-0.4, -0.2) is 66.2 Å². The van der Waals surface area contributed by atoms with Gasteiger partial charge in [0.05, 0.1) is 25.7 Å². The number of methoxy groups -OCH3 is 1. The van der Waals surface area contributed by atoms with Crippen LogP contribution in [0.4, 0.5) is 0 Å². The van der Waals surface area contributed by atoms with E-state index < -0.39 is 6.10 Å². The van der Waals surface area contributed by atoms with Crippen LogP contribution in [0.25, 0.3) is 0 Å². The summed E-state index contributed by atoms with van der Waals surface area (Å²) in [5, 5.41) is 10.3. The number of ether oxygens (including phenoxy) is 1. The van der Waals surface area contributed by atoms with Crippen LogP contribution >= 0.6 is 0 Å². The fraction of sp³-hybridized carbons (Fsp3) is 0.611. The molecule has 2 heterocycles. The van der Waals surface area contributed by atoms with Crippen LogP contribution in [-0.2, 0) is 11.2 Å². The van der Waals surface area contributed by atoms with E-state index in [0.717, 1.165) is 30.0 Å². The third-order valence-electron chi connectivity index (χ3n) is 5.00. The molecule has 0 saturated carbocycles. The second kappa shape index (κ2) is 6.89. The molecule has 0 aromatic heterocycles. The van der Waals surface area contributed by atoms with Crippen LogP contribution in [0.3, 0.4) is 0 Å². The molecule has 3 rings (SSSR count). The smallest absolute Gasteiger partial charge is 0.227 e. The Labute approximate surface area is 137 Å². The quantitative estimate of drug-likeness (QED) is 0.907. The van der Waals surface area contributed by atoms with Crippen LogP contribution in [0.15, 0.2) is 18.2 Å². The Balaban J connectivity index is 1.66. The Morgan fingerprint density at radius 3 is 2.74 bits per heavy atom. The molecule has 5 heteroatoms. The molecular weight excluding hydrogens is 292 g/mol. The van der Waals surface area contributed by atoms with E-state index in [4.69, 9.17) is 4.74 Å². The zero-order chi connectivity index (χ0) is 16.4. The highest BCUT2D eigenvalue weighted by Gasteiger charge is 2.38. The van der Waals surface area contributed by atoms with E-state index in [2.05, 4.69) is 4.90 Å². The molecule has 0 radical (unpaired) electrons. The van der Waals surface area contributed by atoms with E-state index in [1.807, 2.05) is 25.1 Å². The number of aliphatic hydroxyl groups excluding tert-OH is 1. The minimum atomic E-state index is -0.434. The number of aryl methyl sites for hydroxylation is 1. The maximum absolute atomic E-state index is 12.6. The lowest BCUT2D eigenvalue weighted by atomic mass is 10.1. The molecule has 0 bridgehead atoms. The molecule has 5 nitrogen and oxygen atoms in total. The molecule has 126 valence electrons. The molecule has 1 N–H and O–H groups in total. The largest absolute Gasteiger partial charge is 0.496 e. The number of rotatable bonds is 4. The Morgan fingerprint density at radius 2 is 2.04 bits per heavy atom. The lowest BCUT2D eigenvalue weighted by molar-refractivity contribution is -0.129. The summed E-state index contributed by atoms with van der Waals surface area (Å²) >= 11 is 0. The van der Waals surface area contributed by atoms with Crippen molar-refractivity contribution in [2.75, 3.05) is 33.3 Å². The van der Waals surface area contributed by atoms with Crippen molar-refractivity contribution in [2.24, 2.45) is 0 Å². The molecule has 2 fully saturated rings. The summed E-state index contributed by atoms with van der Waals surface area (Å²) in [6.45, 7) is 5.16. The van der Waals surface area contributed by atoms with E-state index in [0.29, 0.717) is 19.5 Å². The number of hydrogen-bond acceptors (Lipinski definition) is 4. The number of benzene rings is 1. The van der Waals surface area contributed by atoms with Gasteiger partial charge in [-0.05, 0) is 38.9 Å². The molecule has 0 aliphatic carbocycles. The number of amides is 1. The summed E-state index contributed by atoms with van der Waals surface area (Å²) in [6, 6.07) is 5.99. The highest BCUT2D eigenvalue weighted by Crippen LogP contribution is 2.24. The molecule has 23 heavy (non-hydrogen) atoms. The van der Waals surface area contributed by atoms with Crippen molar-refractivity contribution >= 4 is 5.91 Å². The average Bonchev–Trinajstić information content (AvgIpc) is 3.16. The van der Waals surface area contributed by atoms with Gasteiger partial charge in [0.15, 0.2) is 0 Å². The monoisotopic (exact) mass is 318 g/mol. The average molecular weight is 318 g/mol. The van der Waals surface area contributed by atoms with E-state index >= 15 is 0 Å². The number of hydrogen-bond donors (Lipinski definition) is 1.